The van der Waals surface area contributed by atoms with Crippen molar-refractivity contribution in [1.82, 2.24) is 5.32 Å². The average molecular weight is 386 g/mol. The second kappa shape index (κ2) is 9.09. The van der Waals surface area contributed by atoms with E-state index in [-0.39, 0.29) is 17.4 Å². The van der Waals surface area contributed by atoms with E-state index in [4.69, 9.17) is 0 Å². The fourth-order valence-corrected chi connectivity index (χ4v) is 3.43. The maximum absolute atomic E-state index is 12.8. The van der Waals surface area contributed by atoms with Crippen molar-refractivity contribution in [2.45, 2.75) is 52.0 Å². The normalized spacial score (nSPS) is 12.4. The van der Waals surface area contributed by atoms with Gasteiger partial charge in [0.2, 0.25) is 5.91 Å². The van der Waals surface area contributed by atoms with Crippen LogP contribution in [0.1, 0.15) is 61.1 Å². The van der Waals surface area contributed by atoms with E-state index in [1.165, 1.54) is 16.7 Å². The van der Waals surface area contributed by atoms with Gasteiger partial charge in [-0.3, -0.25) is 4.79 Å². The second-order valence-electron chi connectivity index (χ2n) is 8.77. The van der Waals surface area contributed by atoms with Gasteiger partial charge in [0.05, 0.1) is 6.04 Å². The quantitative estimate of drug-likeness (QED) is 0.543. The van der Waals surface area contributed by atoms with Crippen molar-refractivity contribution in [3.63, 3.8) is 0 Å². The van der Waals surface area contributed by atoms with Gasteiger partial charge in [-0.1, -0.05) is 105 Å². The van der Waals surface area contributed by atoms with Gasteiger partial charge in [-0.05, 0) is 41.0 Å². The summed E-state index contributed by atoms with van der Waals surface area (Å²) in [6.07, 6.45) is 1.22. The van der Waals surface area contributed by atoms with Crippen molar-refractivity contribution >= 4 is 5.91 Å². The van der Waals surface area contributed by atoms with Gasteiger partial charge in [0, 0.05) is 6.42 Å². The van der Waals surface area contributed by atoms with Gasteiger partial charge >= 0.3 is 0 Å². The number of hydrogen-bond acceptors (Lipinski definition) is 1. The van der Waals surface area contributed by atoms with Crippen LogP contribution >= 0.6 is 0 Å². The highest BCUT2D eigenvalue weighted by Crippen LogP contribution is 2.24. The standard InChI is InChI=1S/C27H31NO/c1-20-10-15-23(16-11-20)26(22-8-6-5-7-9-22)28-25(29)19-14-21-12-17-24(18-13-21)27(2,3)4/h5-13,15-18,26H,14,19H2,1-4H3,(H,28,29)/t26-/m0/s1. The number of benzene rings is 3. The Morgan fingerprint density at radius 2 is 1.41 bits per heavy atom. The minimum Gasteiger partial charge on any atom is -0.345 e. The first-order chi connectivity index (χ1) is 13.8. The highest BCUT2D eigenvalue weighted by atomic mass is 16.1. The molecule has 0 heterocycles. The van der Waals surface area contributed by atoms with Crippen molar-refractivity contribution < 1.29 is 4.79 Å². The molecule has 3 aromatic carbocycles. The smallest absolute Gasteiger partial charge is 0.221 e. The van der Waals surface area contributed by atoms with E-state index in [9.17, 15) is 4.79 Å². The summed E-state index contributed by atoms with van der Waals surface area (Å²) < 4.78 is 0. The molecule has 0 aliphatic rings. The molecule has 0 saturated heterocycles. The molecule has 0 fully saturated rings. The van der Waals surface area contributed by atoms with E-state index in [1.54, 1.807) is 0 Å². The molecule has 0 radical (unpaired) electrons. The maximum Gasteiger partial charge on any atom is 0.221 e. The molecule has 0 saturated carbocycles. The number of rotatable bonds is 6. The van der Waals surface area contributed by atoms with Gasteiger partial charge in [-0.25, -0.2) is 0 Å². The summed E-state index contributed by atoms with van der Waals surface area (Å²) in [5, 5.41) is 3.24. The van der Waals surface area contributed by atoms with E-state index >= 15 is 0 Å². The zero-order chi connectivity index (χ0) is 20.9. The minimum atomic E-state index is -0.132. The molecule has 0 aliphatic carbocycles. The third kappa shape index (κ3) is 5.80. The Kier molecular flexibility index (Phi) is 6.53. The third-order valence-corrected chi connectivity index (χ3v) is 5.31. The van der Waals surface area contributed by atoms with Crippen molar-refractivity contribution in [1.29, 1.82) is 0 Å². The Morgan fingerprint density at radius 1 is 0.828 bits per heavy atom. The van der Waals surface area contributed by atoms with Gasteiger partial charge in [0.15, 0.2) is 0 Å². The van der Waals surface area contributed by atoms with Gasteiger partial charge in [-0.2, -0.15) is 0 Å². The van der Waals surface area contributed by atoms with Crippen molar-refractivity contribution in [2.75, 3.05) is 0 Å². The fourth-order valence-electron chi connectivity index (χ4n) is 3.43. The molecule has 29 heavy (non-hydrogen) atoms. The van der Waals surface area contributed by atoms with Crippen LogP contribution in [0.15, 0.2) is 78.9 Å². The molecule has 0 unspecified atom stereocenters. The van der Waals surface area contributed by atoms with E-state index in [2.05, 4.69) is 93.7 Å². The molecule has 0 aliphatic heterocycles. The fraction of sp³-hybridized carbons (Fsp3) is 0.296. The van der Waals surface area contributed by atoms with Crippen molar-refractivity contribution in [3.05, 3.63) is 107 Å². The van der Waals surface area contributed by atoms with Crippen LogP contribution in [0.4, 0.5) is 0 Å². The first-order valence-electron chi connectivity index (χ1n) is 10.3. The summed E-state index contributed by atoms with van der Waals surface area (Å²) in [6, 6.07) is 27.0. The SMILES string of the molecule is Cc1ccc([C@@H](NC(=O)CCc2ccc(C(C)(C)C)cc2)c2ccccc2)cc1. The minimum absolute atomic E-state index is 0.0688. The topological polar surface area (TPSA) is 29.1 Å². The van der Waals surface area contributed by atoms with Crippen LogP contribution in [0.3, 0.4) is 0 Å². The molecule has 2 heteroatoms. The van der Waals surface area contributed by atoms with Crippen molar-refractivity contribution in [2.24, 2.45) is 0 Å². The molecule has 0 spiro atoms. The molecule has 3 aromatic rings. The predicted molar refractivity (Wildman–Crippen MR) is 121 cm³/mol. The summed E-state index contributed by atoms with van der Waals surface area (Å²) >= 11 is 0. The molecular formula is C27H31NO. The molecule has 1 amide bonds. The first-order valence-corrected chi connectivity index (χ1v) is 10.3. The summed E-state index contributed by atoms with van der Waals surface area (Å²) in [5.41, 5.74) is 6.07. The highest BCUT2D eigenvalue weighted by molar-refractivity contribution is 5.77. The van der Waals surface area contributed by atoms with Crippen LogP contribution in [0, 0.1) is 6.92 Å². The van der Waals surface area contributed by atoms with E-state index in [0.717, 1.165) is 17.5 Å². The summed E-state index contributed by atoms with van der Waals surface area (Å²) in [5.74, 6) is 0.0688. The van der Waals surface area contributed by atoms with Crippen LogP contribution in [-0.4, -0.2) is 5.91 Å². The molecule has 1 atom stereocenters. The Bertz CT molecular complexity index is 919. The summed E-state index contributed by atoms with van der Waals surface area (Å²) in [4.78, 5) is 12.8. The lowest BCUT2D eigenvalue weighted by molar-refractivity contribution is -0.121. The molecule has 2 nitrogen and oxygen atoms in total. The molecule has 0 aromatic heterocycles. The van der Waals surface area contributed by atoms with E-state index < -0.39 is 0 Å². The van der Waals surface area contributed by atoms with Crippen LogP contribution in [-0.2, 0) is 16.6 Å². The number of carbonyl (C=O) groups is 1. The second-order valence-corrected chi connectivity index (χ2v) is 8.77. The maximum atomic E-state index is 12.8. The molecule has 150 valence electrons. The zero-order valence-electron chi connectivity index (χ0n) is 17.9. The van der Waals surface area contributed by atoms with E-state index in [1.807, 2.05) is 18.2 Å². The highest BCUT2D eigenvalue weighted by Gasteiger charge is 2.17. The molecule has 0 bridgehead atoms. The van der Waals surface area contributed by atoms with Crippen LogP contribution in [0.5, 0.6) is 0 Å². The summed E-state index contributed by atoms with van der Waals surface area (Å²) in [6.45, 7) is 8.71. The van der Waals surface area contributed by atoms with Gasteiger partial charge in [-0.15, -0.1) is 0 Å². The Labute approximate surface area is 175 Å². The largest absolute Gasteiger partial charge is 0.345 e. The lowest BCUT2D eigenvalue weighted by atomic mass is 9.86. The number of nitrogens with one attached hydrogen (secondary N) is 1. The lowest BCUT2D eigenvalue weighted by Crippen LogP contribution is -2.29. The third-order valence-electron chi connectivity index (χ3n) is 5.31. The van der Waals surface area contributed by atoms with Crippen LogP contribution in [0.25, 0.3) is 0 Å². The average Bonchev–Trinajstić information content (AvgIpc) is 2.71. The van der Waals surface area contributed by atoms with Gasteiger partial charge < -0.3 is 5.32 Å². The first kappa shape index (κ1) is 20.9. The molecule has 3 rings (SSSR count). The Morgan fingerprint density at radius 3 is 2.00 bits per heavy atom. The number of aryl methyl sites for hydroxylation is 2. The predicted octanol–water partition coefficient (Wildman–Crippen LogP) is 6.13. The van der Waals surface area contributed by atoms with Crippen molar-refractivity contribution in [3.8, 4) is 0 Å². The molecular weight excluding hydrogens is 354 g/mol. The number of amides is 1. The zero-order valence-corrected chi connectivity index (χ0v) is 17.9. The van der Waals surface area contributed by atoms with E-state index in [0.29, 0.717) is 6.42 Å². The Hall–Kier alpha value is -2.87. The van der Waals surface area contributed by atoms with Gasteiger partial charge in [0.1, 0.15) is 0 Å². The number of hydrogen-bond donors (Lipinski definition) is 1. The number of carbonyl (C=O) groups excluding carboxylic acids is 1. The van der Waals surface area contributed by atoms with Crippen LogP contribution in [0.2, 0.25) is 0 Å². The monoisotopic (exact) mass is 385 g/mol. The molecule has 1 N–H and O–H groups in total. The van der Waals surface area contributed by atoms with Crippen LogP contribution < -0.4 is 5.32 Å². The lowest BCUT2D eigenvalue weighted by Gasteiger charge is -2.20. The Balaban J connectivity index is 1.68. The van der Waals surface area contributed by atoms with Gasteiger partial charge in [0.25, 0.3) is 0 Å². The summed E-state index contributed by atoms with van der Waals surface area (Å²) in [7, 11) is 0.